The highest BCUT2D eigenvalue weighted by Gasteiger charge is 2.38. The predicted molar refractivity (Wildman–Crippen MR) is 114 cm³/mol. The Kier molecular flexibility index (Phi) is 6.24. The number of nitrogen functional groups attached to an aromatic ring is 1. The number of hydrogen-bond acceptors (Lipinski definition) is 5. The Morgan fingerprint density at radius 2 is 2.10 bits per heavy atom. The van der Waals surface area contributed by atoms with Crippen molar-refractivity contribution in [3.63, 3.8) is 0 Å². The van der Waals surface area contributed by atoms with Crippen molar-refractivity contribution in [1.29, 1.82) is 0 Å². The number of nitrogens with two attached hydrogens (primary N) is 1. The van der Waals surface area contributed by atoms with Crippen LogP contribution in [0.2, 0.25) is 5.02 Å². The van der Waals surface area contributed by atoms with Crippen LogP contribution in [0.25, 0.3) is 10.9 Å². The van der Waals surface area contributed by atoms with Crippen molar-refractivity contribution in [3.05, 3.63) is 35.0 Å². The lowest BCUT2D eigenvalue weighted by atomic mass is 9.92. The van der Waals surface area contributed by atoms with Crippen LogP contribution in [-0.4, -0.2) is 62.8 Å². The van der Waals surface area contributed by atoms with Crippen molar-refractivity contribution in [2.75, 3.05) is 31.9 Å². The van der Waals surface area contributed by atoms with E-state index in [-0.39, 0.29) is 30.0 Å². The summed E-state index contributed by atoms with van der Waals surface area (Å²) in [6, 6.07) is 4.83. The lowest BCUT2D eigenvalue weighted by molar-refractivity contribution is -0.00513. The molecule has 3 N–H and O–H groups in total. The summed E-state index contributed by atoms with van der Waals surface area (Å²) in [5.41, 5.74) is 4.41. The number of nitrogens with zero attached hydrogens (tertiary/aromatic N) is 3. The molecule has 0 saturated carbocycles. The zero-order valence-corrected chi connectivity index (χ0v) is 18.0. The van der Waals surface area contributed by atoms with Crippen LogP contribution in [0.5, 0.6) is 0 Å². The highest BCUT2D eigenvalue weighted by molar-refractivity contribution is 6.36. The van der Waals surface area contributed by atoms with E-state index in [1.165, 1.54) is 6.07 Å². The molecule has 1 aromatic heterocycles. The molecular formula is C20H25Cl2FN4O2. The van der Waals surface area contributed by atoms with E-state index in [0.29, 0.717) is 36.2 Å². The number of fused-ring (bicyclic) bond motifs is 1. The number of carbonyl (C=O) groups is 1. The van der Waals surface area contributed by atoms with Gasteiger partial charge in [-0.15, -0.1) is 0 Å². The number of benzene rings is 1. The van der Waals surface area contributed by atoms with Gasteiger partial charge in [0.05, 0.1) is 33.9 Å². The fourth-order valence-electron chi connectivity index (χ4n) is 3.67. The third-order valence-electron chi connectivity index (χ3n) is 5.12. The summed E-state index contributed by atoms with van der Waals surface area (Å²) in [5, 5.41) is 10.7. The topological polar surface area (TPSA) is 82.7 Å². The Morgan fingerprint density at radius 3 is 2.72 bits per heavy atom. The number of amides is 1. The van der Waals surface area contributed by atoms with E-state index < -0.39 is 17.2 Å². The maximum atomic E-state index is 15.3. The zero-order chi connectivity index (χ0) is 21.4. The third-order valence-corrected chi connectivity index (χ3v) is 5.70. The van der Waals surface area contributed by atoms with Gasteiger partial charge in [-0.1, -0.05) is 11.6 Å². The maximum absolute atomic E-state index is 15.3. The van der Waals surface area contributed by atoms with Crippen LogP contribution in [0.3, 0.4) is 0 Å². The quantitative estimate of drug-likeness (QED) is 0.545. The maximum Gasteiger partial charge on any atom is 0.270 e. The zero-order valence-electron chi connectivity index (χ0n) is 16.5. The summed E-state index contributed by atoms with van der Waals surface area (Å²) in [6.07, 6.45) is 1.99. The van der Waals surface area contributed by atoms with E-state index >= 15 is 4.39 Å². The number of hydrogen-bond donors (Lipinski definition) is 2. The second kappa shape index (κ2) is 8.22. The summed E-state index contributed by atoms with van der Waals surface area (Å²) in [6.45, 7) is 4.63. The van der Waals surface area contributed by atoms with Gasteiger partial charge in [0.15, 0.2) is 0 Å². The van der Waals surface area contributed by atoms with Crippen LogP contribution in [0.1, 0.15) is 37.0 Å². The van der Waals surface area contributed by atoms with Gasteiger partial charge in [0.1, 0.15) is 5.67 Å². The van der Waals surface area contributed by atoms with Crippen molar-refractivity contribution < 1.29 is 14.3 Å². The molecule has 9 heteroatoms. The molecule has 1 aliphatic heterocycles. The van der Waals surface area contributed by atoms with E-state index in [0.717, 1.165) is 4.42 Å². The van der Waals surface area contributed by atoms with Gasteiger partial charge in [-0.2, -0.15) is 0 Å². The number of β-amino-alcohol motifs (C(OH)–C–C–N with tert-alkyl or cyclic N) is 1. The van der Waals surface area contributed by atoms with Gasteiger partial charge in [0, 0.05) is 43.0 Å². The summed E-state index contributed by atoms with van der Waals surface area (Å²) in [4.78, 5) is 19.2. The fraction of sp³-hybridized carbons (Fsp3) is 0.500. The summed E-state index contributed by atoms with van der Waals surface area (Å²) < 4.78 is 16.2. The Hall–Kier alpha value is -1.67. The second-order valence-electron chi connectivity index (χ2n) is 8.28. The minimum atomic E-state index is -1.60. The molecule has 1 saturated heterocycles. The normalized spacial score (nSPS) is 17.4. The SMILES string of the molecule is CC(C)(O)CN1CCC(F)(CN(Cl)C(=O)c2cc(Cl)c(N)c3cccnc23)CC1. The first-order valence-corrected chi connectivity index (χ1v) is 10.1. The molecule has 0 bridgehead atoms. The molecule has 0 spiro atoms. The first-order valence-electron chi connectivity index (χ1n) is 9.43. The molecule has 1 amide bonds. The molecule has 2 aromatic rings. The molecule has 1 aliphatic rings. The van der Waals surface area contributed by atoms with Crippen LogP contribution in [-0.2, 0) is 0 Å². The Morgan fingerprint density at radius 1 is 1.45 bits per heavy atom. The molecule has 3 rings (SSSR count). The van der Waals surface area contributed by atoms with Gasteiger partial charge in [0.2, 0.25) is 0 Å². The summed E-state index contributed by atoms with van der Waals surface area (Å²) in [5.74, 6) is -0.576. The average molecular weight is 443 g/mol. The van der Waals surface area contributed by atoms with Crippen molar-refractivity contribution in [2.24, 2.45) is 0 Å². The monoisotopic (exact) mass is 442 g/mol. The van der Waals surface area contributed by atoms with Crippen LogP contribution in [0.15, 0.2) is 24.4 Å². The molecule has 0 radical (unpaired) electrons. The number of aromatic nitrogens is 1. The predicted octanol–water partition coefficient (Wildman–Crippen LogP) is 3.64. The van der Waals surface area contributed by atoms with Gasteiger partial charge in [-0.25, -0.2) is 8.81 Å². The van der Waals surface area contributed by atoms with E-state index in [1.807, 2.05) is 4.90 Å². The number of carbonyl (C=O) groups excluding carboxylic acids is 1. The van der Waals surface area contributed by atoms with Crippen molar-refractivity contribution in [1.82, 2.24) is 14.3 Å². The minimum Gasteiger partial charge on any atom is -0.397 e. The van der Waals surface area contributed by atoms with Gasteiger partial charge in [-0.3, -0.25) is 9.78 Å². The number of halogens is 3. The Labute approximate surface area is 179 Å². The summed E-state index contributed by atoms with van der Waals surface area (Å²) in [7, 11) is 0. The lowest BCUT2D eigenvalue weighted by Gasteiger charge is -2.39. The molecular weight excluding hydrogens is 418 g/mol. The first kappa shape index (κ1) is 22.0. The van der Waals surface area contributed by atoms with E-state index in [4.69, 9.17) is 29.1 Å². The smallest absolute Gasteiger partial charge is 0.270 e. The Bertz CT molecular complexity index is 911. The van der Waals surface area contributed by atoms with Crippen LogP contribution in [0, 0.1) is 0 Å². The molecule has 2 heterocycles. The number of aliphatic hydroxyl groups is 1. The minimum absolute atomic E-state index is 0.179. The van der Waals surface area contributed by atoms with E-state index in [2.05, 4.69) is 4.98 Å². The number of alkyl halides is 1. The number of rotatable bonds is 5. The molecule has 0 atom stereocenters. The second-order valence-corrected chi connectivity index (χ2v) is 9.10. The first-order chi connectivity index (χ1) is 13.5. The van der Waals surface area contributed by atoms with E-state index in [1.54, 1.807) is 32.2 Å². The highest BCUT2D eigenvalue weighted by atomic mass is 35.5. The lowest BCUT2D eigenvalue weighted by Crippen LogP contribution is -2.50. The van der Waals surface area contributed by atoms with Crippen molar-refractivity contribution in [2.45, 2.75) is 38.0 Å². The van der Waals surface area contributed by atoms with E-state index in [9.17, 15) is 9.90 Å². The standard InChI is InChI=1S/C20H25Cl2FN4O2/c1-19(2,29)11-26-8-5-20(23,6-9-26)12-27(22)18(28)14-10-15(21)16(24)13-4-3-7-25-17(13)14/h3-4,7,10,29H,5-6,8-9,11-12,24H2,1-2H3. The number of likely N-dealkylation sites (tertiary alicyclic amines) is 1. The number of anilines is 1. The Balaban J connectivity index is 1.74. The van der Waals surface area contributed by atoms with Crippen molar-refractivity contribution in [3.8, 4) is 0 Å². The van der Waals surface area contributed by atoms with Crippen LogP contribution < -0.4 is 5.73 Å². The van der Waals surface area contributed by atoms with Crippen molar-refractivity contribution >= 4 is 45.9 Å². The number of pyridine rings is 1. The summed E-state index contributed by atoms with van der Waals surface area (Å²) >= 11 is 12.4. The fourth-order valence-corrected chi connectivity index (χ4v) is 4.19. The molecule has 29 heavy (non-hydrogen) atoms. The third kappa shape index (κ3) is 5.09. The molecule has 1 fully saturated rings. The van der Waals surface area contributed by atoms with Gasteiger partial charge < -0.3 is 15.7 Å². The molecule has 0 aliphatic carbocycles. The molecule has 1 aromatic carbocycles. The number of piperidine rings is 1. The molecule has 6 nitrogen and oxygen atoms in total. The average Bonchev–Trinajstić information content (AvgIpc) is 2.65. The largest absolute Gasteiger partial charge is 0.397 e. The van der Waals surface area contributed by atoms with Crippen LogP contribution in [0.4, 0.5) is 10.1 Å². The van der Waals surface area contributed by atoms with Crippen LogP contribution >= 0.6 is 23.4 Å². The van der Waals surface area contributed by atoms with Gasteiger partial charge in [0.25, 0.3) is 5.91 Å². The molecule has 158 valence electrons. The van der Waals surface area contributed by atoms with Gasteiger partial charge >= 0.3 is 0 Å². The highest BCUT2D eigenvalue weighted by Crippen LogP contribution is 2.33. The molecule has 0 unspecified atom stereocenters. The van der Waals surface area contributed by atoms with Gasteiger partial charge in [-0.05, 0) is 44.9 Å².